The largest absolute Gasteiger partial charge is 0.314 e. The second kappa shape index (κ2) is 7.61. The van der Waals surface area contributed by atoms with E-state index in [0.717, 1.165) is 23.7 Å². The number of hydrogen-bond donors (Lipinski definition) is 1. The average Bonchev–Trinajstić information content (AvgIpc) is 2.89. The van der Waals surface area contributed by atoms with Gasteiger partial charge < -0.3 is 5.32 Å². The molecule has 1 aromatic rings. The summed E-state index contributed by atoms with van der Waals surface area (Å²) in [5, 5.41) is 8.23. The Morgan fingerprint density at radius 2 is 2.00 bits per heavy atom. The molecule has 0 aromatic carbocycles. The van der Waals surface area contributed by atoms with Crippen molar-refractivity contribution in [3.63, 3.8) is 0 Å². The van der Waals surface area contributed by atoms with Crippen LogP contribution in [0.25, 0.3) is 0 Å². The van der Waals surface area contributed by atoms with Gasteiger partial charge in [-0.1, -0.05) is 27.7 Å². The number of thiophene rings is 1. The molecular formula is C18H31NS. The molecular weight excluding hydrogens is 262 g/mol. The van der Waals surface area contributed by atoms with E-state index in [-0.39, 0.29) is 0 Å². The van der Waals surface area contributed by atoms with Gasteiger partial charge in [0.05, 0.1) is 0 Å². The van der Waals surface area contributed by atoms with Gasteiger partial charge in [0.25, 0.3) is 0 Å². The Labute approximate surface area is 129 Å². The van der Waals surface area contributed by atoms with Gasteiger partial charge in [0.1, 0.15) is 0 Å². The van der Waals surface area contributed by atoms with Crippen LogP contribution in [-0.2, 0) is 6.42 Å². The molecule has 0 saturated heterocycles. The van der Waals surface area contributed by atoms with Gasteiger partial charge in [-0.3, -0.25) is 0 Å². The van der Waals surface area contributed by atoms with Gasteiger partial charge in [0, 0.05) is 6.04 Å². The third kappa shape index (κ3) is 4.60. The van der Waals surface area contributed by atoms with Crippen LogP contribution in [0.3, 0.4) is 0 Å². The summed E-state index contributed by atoms with van der Waals surface area (Å²) in [4.78, 5) is 0. The van der Waals surface area contributed by atoms with Gasteiger partial charge >= 0.3 is 0 Å². The minimum absolute atomic E-state index is 0.611. The molecule has 3 unspecified atom stereocenters. The van der Waals surface area contributed by atoms with Crippen LogP contribution < -0.4 is 5.32 Å². The monoisotopic (exact) mass is 293 g/mol. The molecule has 1 aliphatic rings. The first-order valence-corrected chi connectivity index (χ1v) is 9.25. The Morgan fingerprint density at radius 3 is 2.60 bits per heavy atom. The van der Waals surface area contributed by atoms with E-state index in [1.165, 1.54) is 32.2 Å². The first-order valence-electron chi connectivity index (χ1n) is 8.30. The van der Waals surface area contributed by atoms with Gasteiger partial charge in [-0.05, 0) is 78.3 Å². The molecule has 0 aliphatic heterocycles. The van der Waals surface area contributed by atoms with Crippen molar-refractivity contribution in [2.75, 3.05) is 6.54 Å². The Bertz CT molecular complexity index is 369. The standard InChI is InChI=1S/C18H31NS/c1-13(2)16-5-6-17(11-19-14(3)4)18(10-16)9-15-7-8-20-12-15/h7-8,12-14,16-19H,5-6,9-11H2,1-4H3. The summed E-state index contributed by atoms with van der Waals surface area (Å²) in [5.74, 6) is 3.53. The van der Waals surface area contributed by atoms with Gasteiger partial charge in [0.15, 0.2) is 0 Å². The zero-order valence-corrected chi connectivity index (χ0v) is 14.4. The lowest BCUT2D eigenvalue weighted by Crippen LogP contribution is -2.37. The van der Waals surface area contributed by atoms with Gasteiger partial charge in [0.2, 0.25) is 0 Å². The molecule has 114 valence electrons. The van der Waals surface area contributed by atoms with Gasteiger partial charge in [-0.15, -0.1) is 0 Å². The topological polar surface area (TPSA) is 12.0 Å². The summed E-state index contributed by atoms with van der Waals surface area (Å²) in [6.45, 7) is 10.5. The van der Waals surface area contributed by atoms with E-state index in [2.05, 4.69) is 49.8 Å². The second-order valence-electron chi connectivity index (χ2n) is 7.24. The third-order valence-electron chi connectivity index (χ3n) is 4.99. The fourth-order valence-electron chi connectivity index (χ4n) is 3.59. The number of nitrogens with one attached hydrogen (secondary N) is 1. The zero-order chi connectivity index (χ0) is 14.5. The highest BCUT2D eigenvalue weighted by atomic mass is 32.1. The van der Waals surface area contributed by atoms with E-state index >= 15 is 0 Å². The van der Waals surface area contributed by atoms with Crippen molar-refractivity contribution in [3.8, 4) is 0 Å². The van der Waals surface area contributed by atoms with Crippen LogP contribution in [0.15, 0.2) is 16.8 Å². The van der Waals surface area contributed by atoms with Crippen LogP contribution in [0.2, 0.25) is 0 Å². The van der Waals surface area contributed by atoms with Crippen molar-refractivity contribution in [3.05, 3.63) is 22.4 Å². The fraction of sp³-hybridized carbons (Fsp3) is 0.778. The Morgan fingerprint density at radius 1 is 1.20 bits per heavy atom. The lowest BCUT2D eigenvalue weighted by Gasteiger charge is -2.38. The molecule has 2 heteroatoms. The van der Waals surface area contributed by atoms with Crippen molar-refractivity contribution >= 4 is 11.3 Å². The highest BCUT2D eigenvalue weighted by Gasteiger charge is 2.31. The van der Waals surface area contributed by atoms with E-state index < -0.39 is 0 Å². The first-order chi connectivity index (χ1) is 9.56. The van der Waals surface area contributed by atoms with Crippen LogP contribution in [0, 0.1) is 23.7 Å². The SMILES string of the molecule is CC(C)NCC1CCC(C(C)C)CC1Cc1ccsc1. The van der Waals surface area contributed by atoms with Crippen molar-refractivity contribution < 1.29 is 0 Å². The molecule has 1 saturated carbocycles. The Kier molecular flexibility index (Phi) is 6.10. The number of hydrogen-bond acceptors (Lipinski definition) is 2. The van der Waals surface area contributed by atoms with Crippen LogP contribution in [0.4, 0.5) is 0 Å². The highest BCUT2D eigenvalue weighted by Crippen LogP contribution is 2.39. The van der Waals surface area contributed by atoms with Crippen molar-refractivity contribution in [1.82, 2.24) is 5.32 Å². The number of rotatable bonds is 6. The molecule has 20 heavy (non-hydrogen) atoms. The van der Waals surface area contributed by atoms with Crippen molar-refractivity contribution in [2.24, 2.45) is 23.7 Å². The summed E-state index contributed by atoms with van der Waals surface area (Å²) in [7, 11) is 0. The molecule has 0 radical (unpaired) electrons. The molecule has 1 fully saturated rings. The van der Waals surface area contributed by atoms with E-state index in [1.54, 1.807) is 5.56 Å². The lowest BCUT2D eigenvalue weighted by atomic mass is 9.69. The predicted molar refractivity (Wildman–Crippen MR) is 90.3 cm³/mol. The predicted octanol–water partition coefficient (Wildman–Crippen LogP) is 4.98. The zero-order valence-electron chi connectivity index (χ0n) is 13.6. The molecule has 2 rings (SSSR count). The van der Waals surface area contributed by atoms with Crippen LogP contribution in [0.5, 0.6) is 0 Å². The summed E-state index contributed by atoms with van der Waals surface area (Å²) in [5.41, 5.74) is 1.55. The molecule has 1 heterocycles. The molecule has 1 N–H and O–H groups in total. The minimum Gasteiger partial charge on any atom is -0.314 e. The summed E-state index contributed by atoms with van der Waals surface area (Å²) in [6.07, 6.45) is 5.56. The molecule has 1 aromatic heterocycles. The van der Waals surface area contributed by atoms with E-state index in [4.69, 9.17) is 0 Å². The lowest BCUT2D eigenvalue weighted by molar-refractivity contribution is 0.143. The Hall–Kier alpha value is -0.340. The average molecular weight is 294 g/mol. The van der Waals surface area contributed by atoms with E-state index in [9.17, 15) is 0 Å². The molecule has 1 nitrogen and oxygen atoms in total. The summed E-state index contributed by atoms with van der Waals surface area (Å²) in [6, 6.07) is 2.93. The Balaban J connectivity index is 1.97. The normalized spacial score (nSPS) is 27.4. The smallest absolute Gasteiger partial charge is 0.00104 e. The maximum Gasteiger partial charge on any atom is 0.00104 e. The van der Waals surface area contributed by atoms with Crippen molar-refractivity contribution in [1.29, 1.82) is 0 Å². The minimum atomic E-state index is 0.611. The van der Waals surface area contributed by atoms with Crippen molar-refractivity contribution in [2.45, 2.75) is 59.4 Å². The van der Waals surface area contributed by atoms with Crippen LogP contribution in [-0.4, -0.2) is 12.6 Å². The highest BCUT2D eigenvalue weighted by molar-refractivity contribution is 7.07. The van der Waals surface area contributed by atoms with Gasteiger partial charge in [-0.25, -0.2) is 0 Å². The van der Waals surface area contributed by atoms with Gasteiger partial charge in [-0.2, -0.15) is 11.3 Å². The maximum absolute atomic E-state index is 3.67. The van der Waals surface area contributed by atoms with Crippen LogP contribution >= 0.6 is 11.3 Å². The van der Waals surface area contributed by atoms with E-state index in [0.29, 0.717) is 6.04 Å². The molecule has 1 aliphatic carbocycles. The maximum atomic E-state index is 3.67. The summed E-state index contributed by atoms with van der Waals surface area (Å²) < 4.78 is 0. The second-order valence-corrected chi connectivity index (χ2v) is 8.02. The molecule has 3 atom stereocenters. The quantitative estimate of drug-likeness (QED) is 0.780. The molecule has 0 amide bonds. The third-order valence-corrected chi connectivity index (χ3v) is 5.72. The van der Waals surface area contributed by atoms with E-state index in [1.807, 2.05) is 11.3 Å². The van der Waals surface area contributed by atoms with Crippen LogP contribution in [0.1, 0.15) is 52.5 Å². The molecule has 0 spiro atoms. The fourth-order valence-corrected chi connectivity index (χ4v) is 4.27. The summed E-state index contributed by atoms with van der Waals surface area (Å²) >= 11 is 1.84. The first kappa shape index (κ1) is 16.0. The molecule has 0 bridgehead atoms.